The lowest BCUT2D eigenvalue weighted by atomic mass is 9.79. The average Bonchev–Trinajstić information content (AvgIpc) is 2.98. The molecule has 0 spiro atoms. The van der Waals surface area contributed by atoms with E-state index in [4.69, 9.17) is 0 Å². The van der Waals surface area contributed by atoms with Gasteiger partial charge in [-0.3, -0.25) is 14.0 Å². The van der Waals surface area contributed by atoms with Crippen LogP contribution in [0.1, 0.15) is 73.3 Å². The van der Waals surface area contributed by atoms with Crippen LogP contribution in [0.2, 0.25) is 0 Å². The number of amides is 1. The van der Waals surface area contributed by atoms with Crippen molar-refractivity contribution < 1.29 is 19.8 Å². The Morgan fingerprint density at radius 2 is 1.86 bits per heavy atom. The molecule has 1 amide bonds. The Hall–Kier alpha value is -2.42. The van der Waals surface area contributed by atoms with Crippen LogP contribution in [0.25, 0.3) is 4.96 Å². The van der Waals surface area contributed by atoms with Crippen molar-refractivity contribution in [1.29, 1.82) is 0 Å². The molecular formula is C20H25N3O5S. The summed E-state index contributed by atoms with van der Waals surface area (Å²) in [5.74, 6) is -2.65. The Morgan fingerprint density at radius 1 is 1.17 bits per heavy atom. The number of aromatic nitrogens is 2. The van der Waals surface area contributed by atoms with Crippen LogP contribution in [0.5, 0.6) is 5.88 Å². The van der Waals surface area contributed by atoms with Gasteiger partial charge in [-0.15, -0.1) is 11.3 Å². The van der Waals surface area contributed by atoms with E-state index in [-0.39, 0.29) is 5.41 Å². The van der Waals surface area contributed by atoms with E-state index in [0.717, 1.165) is 29.8 Å². The van der Waals surface area contributed by atoms with Crippen molar-refractivity contribution >= 4 is 28.2 Å². The molecule has 0 aliphatic heterocycles. The molecule has 0 unspecified atom stereocenters. The molecule has 29 heavy (non-hydrogen) atoms. The molecule has 8 nitrogen and oxygen atoms in total. The molecule has 0 radical (unpaired) electrons. The Morgan fingerprint density at radius 3 is 2.52 bits per heavy atom. The molecule has 4 rings (SSSR count). The molecule has 0 saturated heterocycles. The zero-order valence-electron chi connectivity index (χ0n) is 16.6. The summed E-state index contributed by atoms with van der Waals surface area (Å²) < 4.78 is 1.41. The van der Waals surface area contributed by atoms with Crippen molar-refractivity contribution in [2.24, 2.45) is 5.41 Å². The van der Waals surface area contributed by atoms with E-state index in [2.05, 4.69) is 24.1 Å². The maximum Gasteiger partial charge on any atom is 0.329 e. The first-order valence-corrected chi connectivity index (χ1v) is 10.8. The van der Waals surface area contributed by atoms with Gasteiger partial charge in [0.1, 0.15) is 5.54 Å². The Balaban J connectivity index is 1.77. The first-order chi connectivity index (χ1) is 13.6. The van der Waals surface area contributed by atoms with Gasteiger partial charge in [-0.2, -0.15) is 4.98 Å². The molecule has 2 aliphatic carbocycles. The highest BCUT2D eigenvalue weighted by Crippen LogP contribution is 2.38. The monoisotopic (exact) mass is 419 g/mol. The van der Waals surface area contributed by atoms with Crippen LogP contribution in [-0.2, 0) is 17.6 Å². The van der Waals surface area contributed by atoms with Gasteiger partial charge in [-0.05, 0) is 37.5 Å². The maximum absolute atomic E-state index is 13.2. The van der Waals surface area contributed by atoms with E-state index in [1.807, 2.05) is 0 Å². The summed E-state index contributed by atoms with van der Waals surface area (Å²) in [7, 11) is 0. The summed E-state index contributed by atoms with van der Waals surface area (Å²) in [6.45, 7) is 4.34. The highest BCUT2D eigenvalue weighted by atomic mass is 32.1. The van der Waals surface area contributed by atoms with E-state index < -0.39 is 34.4 Å². The molecule has 2 aromatic heterocycles. The second kappa shape index (κ2) is 6.83. The lowest BCUT2D eigenvalue weighted by Crippen LogP contribution is -2.56. The van der Waals surface area contributed by atoms with Crippen LogP contribution < -0.4 is 10.9 Å². The summed E-state index contributed by atoms with van der Waals surface area (Å²) in [6.07, 6.45) is 5.27. The van der Waals surface area contributed by atoms with Gasteiger partial charge >= 0.3 is 5.97 Å². The molecule has 2 heterocycles. The topological polar surface area (TPSA) is 121 Å². The second-order valence-corrected chi connectivity index (χ2v) is 10.0. The molecule has 1 fully saturated rings. The third-order valence-corrected chi connectivity index (χ3v) is 7.30. The number of rotatable bonds is 3. The van der Waals surface area contributed by atoms with E-state index in [1.54, 1.807) is 0 Å². The number of carbonyl (C=O) groups excluding carboxylic acids is 1. The Kier molecular flexibility index (Phi) is 4.68. The van der Waals surface area contributed by atoms with Gasteiger partial charge in [0.15, 0.2) is 10.5 Å². The first kappa shape index (κ1) is 19.9. The minimum atomic E-state index is -1.41. The van der Waals surface area contributed by atoms with Crippen LogP contribution >= 0.6 is 11.3 Å². The van der Waals surface area contributed by atoms with E-state index >= 15 is 0 Å². The smallest absolute Gasteiger partial charge is 0.329 e. The molecule has 156 valence electrons. The molecule has 2 aromatic rings. The number of hydrogen-bond acceptors (Lipinski definition) is 6. The third kappa shape index (κ3) is 3.31. The summed E-state index contributed by atoms with van der Waals surface area (Å²) in [5, 5.41) is 22.6. The molecular weight excluding hydrogens is 394 g/mol. The van der Waals surface area contributed by atoms with Gasteiger partial charge in [-0.25, -0.2) is 4.79 Å². The summed E-state index contributed by atoms with van der Waals surface area (Å²) in [6, 6.07) is 0. The molecule has 0 bridgehead atoms. The molecule has 0 atom stereocenters. The van der Waals surface area contributed by atoms with Gasteiger partial charge in [-0.1, -0.05) is 33.1 Å². The number of nitrogens with one attached hydrogen (secondary N) is 1. The molecule has 3 N–H and O–H groups in total. The van der Waals surface area contributed by atoms with Crippen LogP contribution in [0.4, 0.5) is 0 Å². The number of carboxylic acid groups (broad SMARTS) is 1. The fraction of sp³-hybridized carbons (Fsp3) is 0.600. The lowest BCUT2D eigenvalue weighted by molar-refractivity contribution is -0.145. The van der Waals surface area contributed by atoms with Crippen molar-refractivity contribution in [1.82, 2.24) is 14.7 Å². The first-order valence-electron chi connectivity index (χ1n) is 9.96. The van der Waals surface area contributed by atoms with Gasteiger partial charge < -0.3 is 15.5 Å². The number of fused-ring (bicyclic) bond motifs is 3. The largest absolute Gasteiger partial charge is 0.492 e. The highest BCUT2D eigenvalue weighted by molar-refractivity contribution is 7.17. The van der Waals surface area contributed by atoms with Crippen molar-refractivity contribution in [2.45, 2.75) is 70.8 Å². The van der Waals surface area contributed by atoms with Gasteiger partial charge in [0.25, 0.3) is 11.5 Å². The average molecular weight is 420 g/mol. The van der Waals surface area contributed by atoms with Crippen LogP contribution in [0, 0.1) is 5.41 Å². The van der Waals surface area contributed by atoms with Crippen LogP contribution in [0.3, 0.4) is 0 Å². The molecule has 1 saturated carbocycles. The minimum Gasteiger partial charge on any atom is -0.492 e. The summed E-state index contributed by atoms with van der Waals surface area (Å²) in [4.78, 5) is 43.4. The molecule has 2 aliphatic rings. The highest BCUT2D eigenvalue weighted by Gasteiger charge is 2.42. The fourth-order valence-corrected chi connectivity index (χ4v) is 5.90. The third-order valence-electron chi connectivity index (χ3n) is 6.21. The Labute approximate surface area is 171 Å². The van der Waals surface area contributed by atoms with Crippen molar-refractivity contribution in [3.05, 3.63) is 26.5 Å². The summed E-state index contributed by atoms with van der Waals surface area (Å²) in [5.41, 5.74) is -1.58. The number of hydrogen-bond donors (Lipinski definition) is 3. The molecule has 9 heteroatoms. The van der Waals surface area contributed by atoms with Crippen molar-refractivity contribution in [3.8, 4) is 5.88 Å². The number of thiazole rings is 1. The normalized spacial score (nSPS) is 20.2. The quantitative estimate of drug-likeness (QED) is 0.703. The fourth-order valence-electron chi connectivity index (χ4n) is 4.49. The van der Waals surface area contributed by atoms with Gasteiger partial charge in [0.2, 0.25) is 5.88 Å². The minimum absolute atomic E-state index is 0.120. The Bertz CT molecular complexity index is 1060. The number of nitrogens with zero attached hydrogens (tertiary/aromatic N) is 2. The number of aliphatic carboxylic acids is 1. The number of carbonyl (C=O) groups is 2. The van der Waals surface area contributed by atoms with Gasteiger partial charge in [0.05, 0.1) is 0 Å². The van der Waals surface area contributed by atoms with Gasteiger partial charge in [0, 0.05) is 10.6 Å². The SMILES string of the molecule is CC1(C)CCc2c(sc3nc(O)c(C(=O)NC4(C(=O)O)CCCCC4)c(=O)n23)C1. The van der Waals surface area contributed by atoms with E-state index in [9.17, 15) is 24.6 Å². The second-order valence-electron chi connectivity index (χ2n) is 8.95. The maximum atomic E-state index is 13.2. The molecule has 0 aromatic carbocycles. The number of carboxylic acids is 1. The summed E-state index contributed by atoms with van der Waals surface area (Å²) >= 11 is 1.36. The number of aromatic hydroxyl groups is 1. The zero-order valence-corrected chi connectivity index (χ0v) is 17.4. The predicted octanol–water partition coefficient (Wildman–Crippen LogP) is 2.49. The number of aryl methyl sites for hydroxylation is 1. The van der Waals surface area contributed by atoms with E-state index in [1.165, 1.54) is 15.7 Å². The standard InChI is InChI=1S/C20H25N3O5S/c1-19(2)9-6-11-12(10-19)29-18-21-14(24)13(16(26)23(11)18)15(25)22-20(17(27)28)7-4-3-5-8-20/h24H,3-10H2,1-2H3,(H,22,25)(H,27,28). The van der Waals surface area contributed by atoms with Crippen molar-refractivity contribution in [3.63, 3.8) is 0 Å². The van der Waals surface area contributed by atoms with Crippen LogP contribution in [0.15, 0.2) is 4.79 Å². The lowest BCUT2D eigenvalue weighted by Gasteiger charge is -2.33. The van der Waals surface area contributed by atoms with E-state index in [0.29, 0.717) is 37.1 Å². The van der Waals surface area contributed by atoms with Crippen molar-refractivity contribution in [2.75, 3.05) is 0 Å². The van der Waals surface area contributed by atoms with Crippen LogP contribution in [-0.4, -0.2) is 37.0 Å². The predicted molar refractivity (Wildman–Crippen MR) is 108 cm³/mol. The zero-order chi connectivity index (χ0) is 21.0.